The third-order valence-electron chi connectivity index (χ3n) is 4.98. The van der Waals surface area contributed by atoms with E-state index in [-0.39, 0.29) is 23.9 Å². The Balaban J connectivity index is 1.69. The van der Waals surface area contributed by atoms with Crippen molar-refractivity contribution in [1.82, 2.24) is 4.72 Å². The minimum atomic E-state index is -2.14. The summed E-state index contributed by atoms with van der Waals surface area (Å²) in [6, 6.07) is 15.0. The van der Waals surface area contributed by atoms with E-state index in [9.17, 15) is 19.1 Å². The van der Waals surface area contributed by atoms with Crippen LogP contribution >= 0.6 is 0 Å². The fraction of sp³-hybridized carbons (Fsp3) is 0.0952. The van der Waals surface area contributed by atoms with Gasteiger partial charge in [-0.25, -0.2) is 8.93 Å². The molecule has 1 heterocycles. The average Bonchev–Trinajstić information content (AvgIpc) is 2.91. The standard InChI is InChI=1S/C21H18N4O6S/c1-31-20-10-14(4-7-19(20)25(27)28)13-3-5-15-17(9-13)23-16-6-2-12(11-22-32(29)30)8-18(16)24-21(15)26/h2-10,22-23H,11H2,1H3,(H,24,26)(H,29,30). The van der Waals surface area contributed by atoms with Gasteiger partial charge >= 0.3 is 5.69 Å². The van der Waals surface area contributed by atoms with E-state index in [1.165, 1.54) is 13.2 Å². The highest BCUT2D eigenvalue weighted by molar-refractivity contribution is 7.77. The van der Waals surface area contributed by atoms with Crippen molar-refractivity contribution in [3.63, 3.8) is 0 Å². The maximum absolute atomic E-state index is 12.8. The van der Waals surface area contributed by atoms with Gasteiger partial charge in [-0.05, 0) is 53.1 Å². The highest BCUT2D eigenvalue weighted by atomic mass is 32.2. The van der Waals surface area contributed by atoms with Crippen molar-refractivity contribution in [3.05, 3.63) is 75.8 Å². The highest BCUT2D eigenvalue weighted by Gasteiger charge is 2.21. The second-order valence-corrected chi connectivity index (χ2v) is 7.72. The van der Waals surface area contributed by atoms with E-state index in [1.807, 2.05) is 0 Å². The third kappa shape index (κ3) is 4.30. The number of carbonyl (C=O) groups excluding carboxylic acids is 1. The van der Waals surface area contributed by atoms with Gasteiger partial charge in [-0.15, -0.1) is 0 Å². The quantitative estimate of drug-likeness (QED) is 0.252. The van der Waals surface area contributed by atoms with Crippen LogP contribution in [0, 0.1) is 10.1 Å². The smallest absolute Gasteiger partial charge is 0.310 e. The van der Waals surface area contributed by atoms with Crippen LogP contribution in [0.5, 0.6) is 5.75 Å². The van der Waals surface area contributed by atoms with Gasteiger partial charge in [0.25, 0.3) is 5.91 Å². The fourth-order valence-electron chi connectivity index (χ4n) is 3.43. The highest BCUT2D eigenvalue weighted by Crippen LogP contribution is 2.37. The minimum Gasteiger partial charge on any atom is -0.490 e. The van der Waals surface area contributed by atoms with Crippen molar-refractivity contribution in [2.24, 2.45) is 0 Å². The molecule has 1 aliphatic rings. The normalized spacial score (nSPS) is 13.1. The molecule has 10 nitrogen and oxygen atoms in total. The summed E-state index contributed by atoms with van der Waals surface area (Å²) >= 11 is -2.14. The molecule has 1 aliphatic heterocycles. The number of carbonyl (C=O) groups is 1. The van der Waals surface area contributed by atoms with E-state index in [0.29, 0.717) is 28.2 Å². The number of nitro benzene ring substituents is 1. The molecule has 4 N–H and O–H groups in total. The van der Waals surface area contributed by atoms with Crippen LogP contribution in [0.2, 0.25) is 0 Å². The monoisotopic (exact) mass is 454 g/mol. The Morgan fingerprint density at radius 3 is 2.50 bits per heavy atom. The second-order valence-electron chi connectivity index (χ2n) is 6.93. The van der Waals surface area contributed by atoms with Crippen molar-refractivity contribution in [2.45, 2.75) is 6.54 Å². The summed E-state index contributed by atoms with van der Waals surface area (Å²) in [5.41, 5.74) is 4.21. The molecule has 0 spiro atoms. The van der Waals surface area contributed by atoms with Crippen LogP contribution in [-0.4, -0.2) is 26.7 Å². The molecule has 0 aliphatic carbocycles. The largest absolute Gasteiger partial charge is 0.490 e. The molecule has 11 heteroatoms. The summed E-state index contributed by atoms with van der Waals surface area (Å²) in [4.78, 5) is 23.4. The van der Waals surface area contributed by atoms with E-state index in [1.54, 1.807) is 48.5 Å². The lowest BCUT2D eigenvalue weighted by Crippen LogP contribution is -2.16. The Kier molecular flexibility index (Phi) is 5.86. The number of anilines is 3. The molecule has 164 valence electrons. The van der Waals surface area contributed by atoms with E-state index in [4.69, 9.17) is 9.29 Å². The second kappa shape index (κ2) is 8.75. The Hall–Kier alpha value is -3.80. The molecule has 1 amide bonds. The molecule has 0 radical (unpaired) electrons. The molecular weight excluding hydrogens is 436 g/mol. The molecule has 3 aromatic rings. The van der Waals surface area contributed by atoms with Crippen molar-refractivity contribution < 1.29 is 23.2 Å². The molecular formula is C21H18N4O6S. The van der Waals surface area contributed by atoms with Crippen molar-refractivity contribution in [1.29, 1.82) is 0 Å². The lowest BCUT2D eigenvalue weighted by atomic mass is 10.0. The third-order valence-corrected chi connectivity index (χ3v) is 5.37. The summed E-state index contributed by atoms with van der Waals surface area (Å²) < 4.78 is 27.3. The molecule has 4 rings (SSSR count). The van der Waals surface area contributed by atoms with Crippen LogP contribution in [-0.2, 0) is 17.8 Å². The van der Waals surface area contributed by atoms with Gasteiger partial charge in [-0.3, -0.25) is 19.5 Å². The summed E-state index contributed by atoms with van der Waals surface area (Å²) in [7, 11) is 1.37. The van der Waals surface area contributed by atoms with Crippen LogP contribution in [0.1, 0.15) is 15.9 Å². The number of amides is 1. The van der Waals surface area contributed by atoms with Gasteiger partial charge in [0, 0.05) is 12.6 Å². The maximum Gasteiger partial charge on any atom is 0.310 e. The van der Waals surface area contributed by atoms with Crippen LogP contribution in [0.3, 0.4) is 0 Å². The summed E-state index contributed by atoms with van der Waals surface area (Å²) in [5.74, 6) is -0.168. The molecule has 3 aromatic carbocycles. The lowest BCUT2D eigenvalue weighted by Gasteiger charge is -2.12. The van der Waals surface area contributed by atoms with E-state index >= 15 is 0 Å². The Labute approximate surface area is 185 Å². The number of methoxy groups -OCH3 is 1. The zero-order chi connectivity index (χ0) is 22.8. The molecule has 1 atom stereocenters. The first-order valence-electron chi connectivity index (χ1n) is 9.38. The first-order valence-corrected chi connectivity index (χ1v) is 10.5. The van der Waals surface area contributed by atoms with Gasteiger partial charge in [-0.2, -0.15) is 0 Å². The average molecular weight is 454 g/mol. The predicted octanol–water partition coefficient (Wildman–Crippen LogP) is 3.81. The van der Waals surface area contributed by atoms with Crippen LogP contribution in [0.4, 0.5) is 22.7 Å². The summed E-state index contributed by atoms with van der Waals surface area (Å²) in [6.45, 7) is 0.158. The SMILES string of the molecule is COc1cc(-c2ccc3c(c2)Nc2ccc(CNS(=O)O)cc2NC3=O)ccc1[N+](=O)[O-]. The number of nitrogens with zero attached hydrogens (tertiary/aromatic N) is 1. The number of ether oxygens (including phenoxy) is 1. The number of hydrogen-bond donors (Lipinski definition) is 4. The number of nitrogens with one attached hydrogen (secondary N) is 3. The number of rotatable bonds is 6. The molecule has 0 aromatic heterocycles. The predicted molar refractivity (Wildman–Crippen MR) is 120 cm³/mol. The summed E-state index contributed by atoms with van der Waals surface area (Å²) in [6.07, 6.45) is 0. The van der Waals surface area contributed by atoms with Gasteiger partial charge in [0.15, 0.2) is 5.75 Å². The van der Waals surface area contributed by atoms with Gasteiger partial charge in [0.1, 0.15) is 0 Å². The minimum absolute atomic E-state index is 0.132. The fourth-order valence-corrected chi connectivity index (χ4v) is 3.72. The van der Waals surface area contributed by atoms with Crippen LogP contribution < -0.4 is 20.1 Å². The number of hydrogen-bond acceptors (Lipinski definition) is 6. The molecule has 32 heavy (non-hydrogen) atoms. The molecule has 0 fully saturated rings. The Morgan fingerprint density at radius 2 is 1.78 bits per heavy atom. The van der Waals surface area contributed by atoms with Crippen molar-refractivity contribution in [3.8, 4) is 16.9 Å². The zero-order valence-corrected chi connectivity index (χ0v) is 17.6. The van der Waals surface area contributed by atoms with Crippen molar-refractivity contribution >= 4 is 39.9 Å². The Morgan fingerprint density at radius 1 is 1.03 bits per heavy atom. The van der Waals surface area contributed by atoms with Gasteiger partial charge in [0.05, 0.1) is 34.7 Å². The number of nitro groups is 1. The molecule has 0 saturated heterocycles. The van der Waals surface area contributed by atoms with Gasteiger partial charge in [-0.1, -0.05) is 12.1 Å². The first kappa shape index (κ1) is 21.4. The van der Waals surface area contributed by atoms with Crippen LogP contribution in [0.25, 0.3) is 11.1 Å². The molecule has 1 unspecified atom stereocenters. The number of benzene rings is 3. The molecule has 0 saturated carbocycles. The van der Waals surface area contributed by atoms with E-state index in [2.05, 4.69) is 15.4 Å². The van der Waals surface area contributed by atoms with Gasteiger partial charge in [0.2, 0.25) is 11.3 Å². The van der Waals surface area contributed by atoms with Crippen LogP contribution in [0.15, 0.2) is 54.6 Å². The van der Waals surface area contributed by atoms with E-state index < -0.39 is 16.2 Å². The first-order chi connectivity index (χ1) is 15.4. The maximum atomic E-state index is 12.8. The summed E-state index contributed by atoms with van der Waals surface area (Å²) in [5, 5.41) is 17.2. The number of fused-ring (bicyclic) bond motifs is 2. The Bertz CT molecular complexity index is 1260. The zero-order valence-electron chi connectivity index (χ0n) is 16.7. The van der Waals surface area contributed by atoms with E-state index in [0.717, 1.165) is 11.1 Å². The van der Waals surface area contributed by atoms with Crippen molar-refractivity contribution in [2.75, 3.05) is 17.7 Å². The van der Waals surface area contributed by atoms with Gasteiger partial charge < -0.3 is 15.4 Å². The lowest BCUT2D eigenvalue weighted by molar-refractivity contribution is -0.385. The molecule has 0 bridgehead atoms. The topological polar surface area (TPSA) is 143 Å².